The van der Waals surface area contributed by atoms with E-state index in [0.717, 1.165) is 23.1 Å². The van der Waals surface area contributed by atoms with E-state index in [1.807, 2.05) is 13.0 Å². The van der Waals surface area contributed by atoms with E-state index < -0.39 is 0 Å². The Labute approximate surface area is 138 Å². The Morgan fingerprint density at radius 1 is 1.00 bits per heavy atom. The standard InChI is InChI=1S/C19H26N4/c1-13-8-7-11-17(15(13)3)22-18-12-14(2)20-19(23-18)21-16-9-5-4-6-10-16/h7-8,11-12,16H,4-6,9-10H2,1-3H3,(H2,20,21,22,23). The summed E-state index contributed by atoms with van der Waals surface area (Å²) in [6.07, 6.45) is 6.40. The molecule has 0 aliphatic heterocycles. The normalized spacial score (nSPS) is 15.4. The van der Waals surface area contributed by atoms with Crippen LogP contribution < -0.4 is 10.6 Å². The van der Waals surface area contributed by atoms with Gasteiger partial charge in [0.25, 0.3) is 0 Å². The molecule has 0 spiro atoms. The molecule has 3 rings (SSSR count). The first-order chi connectivity index (χ1) is 11.1. The highest BCUT2D eigenvalue weighted by Gasteiger charge is 2.14. The highest BCUT2D eigenvalue weighted by molar-refractivity contribution is 5.62. The number of hydrogen-bond donors (Lipinski definition) is 2. The fourth-order valence-corrected chi connectivity index (χ4v) is 3.15. The van der Waals surface area contributed by atoms with E-state index in [0.29, 0.717) is 6.04 Å². The van der Waals surface area contributed by atoms with Crippen LogP contribution >= 0.6 is 0 Å². The lowest BCUT2D eigenvalue weighted by Gasteiger charge is -2.23. The van der Waals surface area contributed by atoms with Crippen molar-refractivity contribution >= 4 is 17.5 Å². The van der Waals surface area contributed by atoms with Crippen LogP contribution in [0.15, 0.2) is 24.3 Å². The van der Waals surface area contributed by atoms with Crippen LogP contribution in [0, 0.1) is 20.8 Å². The maximum absolute atomic E-state index is 4.66. The van der Waals surface area contributed by atoms with Gasteiger partial charge in [0.1, 0.15) is 5.82 Å². The number of aromatic nitrogens is 2. The largest absolute Gasteiger partial charge is 0.351 e. The maximum Gasteiger partial charge on any atom is 0.225 e. The quantitative estimate of drug-likeness (QED) is 0.844. The molecule has 1 aliphatic rings. The number of aryl methyl sites for hydroxylation is 2. The first kappa shape index (κ1) is 15.8. The number of nitrogens with zero attached hydrogens (tertiary/aromatic N) is 2. The summed E-state index contributed by atoms with van der Waals surface area (Å²) in [5, 5.41) is 6.95. The average molecular weight is 310 g/mol. The fourth-order valence-electron chi connectivity index (χ4n) is 3.15. The lowest BCUT2D eigenvalue weighted by atomic mass is 9.96. The first-order valence-electron chi connectivity index (χ1n) is 8.57. The molecule has 23 heavy (non-hydrogen) atoms. The third-order valence-electron chi connectivity index (χ3n) is 4.66. The van der Waals surface area contributed by atoms with E-state index in [9.17, 15) is 0 Å². The van der Waals surface area contributed by atoms with E-state index in [1.54, 1.807) is 0 Å². The van der Waals surface area contributed by atoms with E-state index in [4.69, 9.17) is 0 Å². The van der Waals surface area contributed by atoms with Gasteiger partial charge in [0.05, 0.1) is 0 Å². The van der Waals surface area contributed by atoms with Crippen molar-refractivity contribution in [3.05, 3.63) is 41.1 Å². The zero-order chi connectivity index (χ0) is 16.2. The smallest absolute Gasteiger partial charge is 0.225 e. The van der Waals surface area contributed by atoms with Crippen molar-refractivity contribution in [2.75, 3.05) is 10.6 Å². The van der Waals surface area contributed by atoms with E-state index in [2.05, 4.69) is 52.6 Å². The molecule has 0 atom stereocenters. The summed E-state index contributed by atoms with van der Waals surface area (Å²) < 4.78 is 0. The third-order valence-corrected chi connectivity index (χ3v) is 4.66. The van der Waals surface area contributed by atoms with Crippen LogP contribution in [0.2, 0.25) is 0 Å². The lowest BCUT2D eigenvalue weighted by molar-refractivity contribution is 0.461. The van der Waals surface area contributed by atoms with Crippen LogP contribution in [0.3, 0.4) is 0 Å². The Bertz CT molecular complexity index is 675. The predicted molar refractivity (Wildman–Crippen MR) is 96.5 cm³/mol. The zero-order valence-corrected chi connectivity index (χ0v) is 14.3. The Morgan fingerprint density at radius 2 is 1.78 bits per heavy atom. The Morgan fingerprint density at radius 3 is 2.57 bits per heavy atom. The minimum atomic E-state index is 0.513. The van der Waals surface area contributed by atoms with Crippen LogP contribution in [-0.2, 0) is 0 Å². The maximum atomic E-state index is 4.66. The average Bonchev–Trinajstić information content (AvgIpc) is 2.52. The Balaban J connectivity index is 1.78. The number of benzene rings is 1. The number of rotatable bonds is 4. The van der Waals surface area contributed by atoms with E-state index in [1.165, 1.54) is 43.2 Å². The first-order valence-corrected chi connectivity index (χ1v) is 8.57. The summed E-state index contributed by atoms with van der Waals surface area (Å²) in [5.41, 5.74) is 4.62. The van der Waals surface area contributed by atoms with E-state index in [-0.39, 0.29) is 0 Å². The molecule has 1 saturated carbocycles. The lowest BCUT2D eigenvalue weighted by Crippen LogP contribution is -2.23. The summed E-state index contributed by atoms with van der Waals surface area (Å²) in [6, 6.07) is 8.79. The van der Waals surface area contributed by atoms with Gasteiger partial charge in [0, 0.05) is 23.5 Å². The van der Waals surface area contributed by atoms with Crippen molar-refractivity contribution in [2.45, 2.75) is 58.9 Å². The van der Waals surface area contributed by atoms with Gasteiger partial charge in [-0.1, -0.05) is 31.4 Å². The highest BCUT2D eigenvalue weighted by Crippen LogP contribution is 2.24. The fraction of sp³-hybridized carbons (Fsp3) is 0.474. The van der Waals surface area contributed by atoms with Crippen LogP contribution in [-0.4, -0.2) is 16.0 Å². The van der Waals surface area contributed by atoms with Gasteiger partial charge in [-0.15, -0.1) is 0 Å². The Kier molecular flexibility index (Phi) is 4.79. The van der Waals surface area contributed by atoms with E-state index >= 15 is 0 Å². The molecule has 4 nitrogen and oxygen atoms in total. The molecule has 1 aromatic carbocycles. The number of nitrogens with one attached hydrogen (secondary N) is 2. The summed E-state index contributed by atoms with van der Waals surface area (Å²) in [6.45, 7) is 6.27. The topological polar surface area (TPSA) is 49.8 Å². The van der Waals surface area contributed by atoms with Crippen molar-refractivity contribution < 1.29 is 0 Å². The number of hydrogen-bond acceptors (Lipinski definition) is 4. The number of anilines is 3. The van der Waals surface area contributed by atoms with Gasteiger partial charge in [-0.25, -0.2) is 4.98 Å². The molecule has 1 aromatic heterocycles. The molecule has 0 radical (unpaired) electrons. The van der Waals surface area contributed by atoms with Gasteiger partial charge in [0.15, 0.2) is 0 Å². The summed E-state index contributed by atoms with van der Waals surface area (Å²) >= 11 is 0. The second-order valence-electron chi connectivity index (χ2n) is 6.57. The molecule has 0 unspecified atom stereocenters. The van der Waals surface area contributed by atoms with Crippen LogP contribution in [0.25, 0.3) is 0 Å². The van der Waals surface area contributed by atoms with Gasteiger partial charge >= 0.3 is 0 Å². The minimum Gasteiger partial charge on any atom is -0.351 e. The van der Waals surface area contributed by atoms with Crippen LogP contribution in [0.5, 0.6) is 0 Å². The summed E-state index contributed by atoms with van der Waals surface area (Å²) in [7, 11) is 0. The molecule has 1 aliphatic carbocycles. The molecule has 0 amide bonds. The molecule has 4 heteroatoms. The predicted octanol–water partition coefficient (Wildman–Crippen LogP) is 4.89. The molecule has 2 N–H and O–H groups in total. The SMILES string of the molecule is Cc1cc(Nc2cccc(C)c2C)nc(NC2CCCCC2)n1. The summed E-state index contributed by atoms with van der Waals surface area (Å²) in [5.74, 6) is 1.59. The molecule has 0 bridgehead atoms. The second-order valence-corrected chi connectivity index (χ2v) is 6.57. The van der Waals surface area contributed by atoms with Crippen molar-refractivity contribution in [3.63, 3.8) is 0 Å². The Hall–Kier alpha value is -2.10. The van der Waals surface area contributed by atoms with Gasteiger partial charge in [-0.3, -0.25) is 0 Å². The molecule has 1 fully saturated rings. The van der Waals surface area contributed by atoms with Gasteiger partial charge in [-0.05, 0) is 50.8 Å². The zero-order valence-electron chi connectivity index (χ0n) is 14.3. The highest BCUT2D eigenvalue weighted by atomic mass is 15.2. The molecule has 1 heterocycles. The second kappa shape index (κ2) is 6.99. The molecular weight excluding hydrogens is 284 g/mol. The van der Waals surface area contributed by atoms with Gasteiger partial charge in [-0.2, -0.15) is 4.98 Å². The summed E-state index contributed by atoms with van der Waals surface area (Å²) in [4.78, 5) is 9.21. The third kappa shape index (κ3) is 4.01. The molecule has 2 aromatic rings. The van der Waals surface area contributed by atoms with Gasteiger partial charge < -0.3 is 10.6 Å². The van der Waals surface area contributed by atoms with Crippen molar-refractivity contribution in [2.24, 2.45) is 0 Å². The molecule has 122 valence electrons. The van der Waals surface area contributed by atoms with Crippen LogP contribution in [0.4, 0.5) is 17.5 Å². The molecule has 0 saturated heterocycles. The minimum absolute atomic E-state index is 0.513. The van der Waals surface area contributed by atoms with Gasteiger partial charge in [0.2, 0.25) is 5.95 Å². The van der Waals surface area contributed by atoms with Crippen molar-refractivity contribution in [1.29, 1.82) is 0 Å². The van der Waals surface area contributed by atoms with Crippen LogP contribution in [0.1, 0.15) is 48.9 Å². The molecular formula is C19H26N4. The monoisotopic (exact) mass is 310 g/mol. The van der Waals surface area contributed by atoms with Crippen molar-refractivity contribution in [3.8, 4) is 0 Å². The van der Waals surface area contributed by atoms with Crippen molar-refractivity contribution in [1.82, 2.24) is 9.97 Å².